The second-order valence-electron chi connectivity index (χ2n) is 7.48. The molecule has 6 nitrogen and oxygen atoms in total. The monoisotopic (exact) mass is 349 g/mol. The lowest BCUT2D eigenvalue weighted by Gasteiger charge is -2.49. The Labute approximate surface area is 148 Å². The van der Waals surface area contributed by atoms with Crippen LogP contribution in [0, 0.1) is 6.92 Å². The molecule has 0 unspecified atom stereocenters. The lowest BCUT2D eigenvalue weighted by atomic mass is 9.76. The van der Waals surface area contributed by atoms with Crippen LogP contribution in [0.5, 0.6) is 5.75 Å². The number of likely N-dealkylation sites (tertiary alicyclic amines) is 1. The lowest BCUT2D eigenvalue weighted by molar-refractivity contribution is -0.222. The first-order valence-corrected chi connectivity index (χ1v) is 8.82. The summed E-state index contributed by atoms with van der Waals surface area (Å²) in [7, 11) is 0. The maximum Gasteiger partial charge on any atom is 0.260 e. The molecule has 2 heterocycles. The van der Waals surface area contributed by atoms with Crippen LogP contribution < -0.4 is 4.74 Å². The third-order valence-electron chi connectivity index (χ3n) is 5.42. The smallest absolute Gasteiger partial charge is 0.260 e. The molecule has 3 rings (SSSR count). The molecule has 25 heavy (non-hydrogen) atoms. The van der Waals surface area contributed by atoms with Crippen LogP contribution in [0.15, 0.2) is 24.3 Å². The van der Waals surface area contributed by atoms with Crippen molar-refractivity contribution in [2.45, 2.75) is 50.4 Å². The highest BCUT2D eigenvalue weighted by Crippen LogP contribution is 2.39. The van der Waals surface area contributed by atoms with Crippen LogP contribution in [0.3, 0.4) is 0 Å². The first-order chi connectivity index (χ1) is 11.8. The lowest BCUT2D eigenvalue weighted by Crippen LogP contribution is -2.59. The second-order valence-corrected chi connectivity index (χ2v) is 7.48. The van der Waals surface area contributed by atoms with Gasteiger partial charge >= 0.3 is 0 Å². The molecule has 2 atom stereocenters. The van der Waals surface area contributed by atoms with Gasteiger partial charge in [0.15, 0.2) is 6.61 Å². The number of piperidine rings is 1. The molecule has 1 spiro atoms. The van der Waals surface area contributed by atoms with Crippen molar-refractivity contribution in [3.05, 3.63) is 29.8 Å². The van der Waals surface area contributed by atoms with E-state index in [9.17, 15) is 15.0 Å². The van der Waals surface area contributed by atoms with Crippen LogP contribution in [0.4, 0.5) is 0 Å². The van der Waals surface area contributed by atoms with E-state index in [-0.39, 0.29) is 19.1 Å². The van der Waals surface area contributed by atoms with Crippen LogP contribution in [0.1, 0.15) is 31.7 Å². The fraction of sp³-hybridized carbons (Fsp3) is 0.632. The zero-order valence-electron chi connectivity index (χ0n) is 14.9. The minimum Gasteiger partial charge on any atom is -0.484 e. The number of benzene rings is 1. The molecule has 0 aromatic heterocycles. The Morgan fingerprint density at radius 3 is 2.68 bits per heavy atom. The van der Waals surface area contributed by atoms with E-state index in [4.69, 9.17) is 9.47 Å². The number of hydrogen-bond acceptors (Lipinski definition) is 5. The summed E-state index contributed by atoms with van der Waals surface area (Å²) in [5.74, 6) is 0.686. The van der Waals surface area contributed by atoms with Crippen molar-refractivity contribution in [1.82, 2.24) is 4.90 Å². The highest BCUT2D eigenvalue weighted by Gasteiger charge is 2.48. The first-order valence-electron chi connectivity index (χ1n) is 8.82. The molecule has 1 amide bonds. The molecule has 138 valence electrons. The van der Waals surface area contributed by atoms with Gasteiger partial charge < -0.3 is 24.6 Å². The maximum absolute atomic E-state index is 12.4. The highest BCUT2D eigenvalue weighted by molar-refractivity contribution is 5.78. The molecule has 1 aromatic rings. The summed E-state index contributed by atoms with van der Waals surface area (Å²) in [6, 6.07) is 7.63. The predicted molar refractivity (Wildman–Crippen MR) is 92.4 cm³/mol. The van der Waals surface area contributed by atoms with Crippen LogP contribution in [-0.2, 0) is 9.53 Å². The highest BCUT2D eigenvalue weighted by atomic mass is 16.5. The van der Waals surface area contributed by atoms with E-state index in [1.54, 1.807) is 11.8 Å². The zero-order chi connectivity index (χ0) is 18.1. The van der Waals surface area contributed by atoms with E-state index < -0.39 is 17.3 Å². The molecule has 2 saturated heterocycles. The molecule has 2 fully saturated rings. The van der Waals surface area contributed by atoms with Gasteiger partial charge in [0.05, 0.1) is 17.8 Å². The number of aliphatic hydroxyl groups is 2. The summed E-state index contributed by atoms with van der Waals surface area (Å²) in [6.07, 6.45) is 0.848. The third kappa shape index (κ3) is 3.97. The van der Waals surface area contributed by atoms with Gasteiger partial charge in [-0.2, -0.15) is 0 Å². The fourth-order valence-corrected chi connectivity index (χ4v) is 3.69. The number of carbonyl (C=O) groups excluding carboxylic acids is 1. The van der Waals surface area contributed by atoms with E-state index in [1.165, 1.54) is 0 Å². The van der Waals surface area contributed by atoms with Gasteiger partial charge in [-0.3, -0.25) is 4.79 Å². The number of aryl methyl sites for hydroxylation is 1. The summed E-state index contributed by atoms with van der Waals surface area (Å²) >= 11 is 0. The number of aliphatic hydroxyl groups excluding tert-OH is 1. The maximum atomic E-state index is 12.4. The molecule has 2 aliphatic heterocycles. The number of hydrogen-bond donors (Lipinski definition) is 2. The quantitative estimate of drug-likeness (QED) is 0.859. The van der Waals surface area contributed by atoms with Crippen molar-refractivity contribution in [2.24, 2.45) is 0 Å². The van der Waals surface area contributed by atoms with E-state index >= 15 is 0 Å². The number of nitrogens with zero attached hydrogens (tertiary/aromatic N) is 1. The van der Waals surface area contributed by atoms with Crippen molar-refractivity contribution in [3.8, 4) is 5.75 Å². The Hall–Kier alpha value is -1.63. The minimum absolute atomic E-state index is 0.0230. The third-order valence-corrected chi connectivity index (χ3v) is 5.42. The van der Waals surface area contributed by atoms with E-state index in [2.05, 4.69) is 0 Å². The Kier molecular flexibility index (Phi) is 5.04. The van der Waals surface area contributed by atoms with E-state index in [0.29, 0.717) is 32.4 Å². The molecule has 0 aliphatic carbocycles. The number of para-hydroxylation sites is 1. The van der Waals surface area contributed by atoms with Gasteiger partial charge in [0.25, 0.3) is 5.91 Å². The Balaban J connectivity index is 1.52. The van der Waals surface area contributed by atoms with Gasteiger partial charge in [-0.25, -0.2) is 0 Å². The van der Waals surface area contributed by atoms with Crippen molar-refractivity contribution in [3.63, 3.8) is 0 Å². The molecule has 2 N–H and O–H groups in total. The molecular formula is C19H27NO5. The molecule has 0 radical (unpaired) electrons. The van der Waals surface area contributed by atoms with Crippen molar-refractivity contribution < 1.29 is 24.5 Å². The summed E-state index contributed by atoms with van der Waals surface area (Å²) in [4.78, 5) is 14.2. The van der Waals surface area contributed by atoms with Crippen molar-refractivity contribution >= 4 is 5.91 Å². The molecular weight excluding hydrogens is 322 g/mol. The molecule has 0 saturated carbocycles. The van der Waals surface area contributed by atoms with Crippen LogP contribution in [0.25, 0.3) is 0 Å². The number of carbonyl (C=O) groups is 1. The SMILES string of the molecule is Cc1ccccc1OCC(=O)N1CCC2(CC1)C[C@](C)(O)[C@@H](O)CO2. The fourth-order valence-electron chi connectivity index (χ4n) is 3.69. The second kappa shape index (κ2) is 6.94. The summed E-state index contributed by atoms with van der Waals surface area (Å²) < 4.78 is 11.5. The topological polar surface area (TPSA) is 79.2 Å². The van der Waals surface area contributed by atoms with Gasteiger partial charge in [-0.05, 0) is 38.3 Å². The van der Waals surface area contributed by atoms with Crippen LogP contribution >= 0.6 is 0 Å². The normalized spacial score (nSPS) is 28.8. The van der Waals surface area contributed by atoms with Gasteiger partial charge in [0.1, 0.15) is 11.9 Å². The van der Waals surface area contributed by atoms with Gasteiger partial charge in [0.2, 0.25) is 0 Å². The average molecular weight is 349 g/mol. The largest absolute Gasteiger partial charge is 0.484 e. The molecule has 0 bridgehead atoms. The molecule has 6 heteroatoms. The van der Waals surface area contributed by atoms with Gasteiger partial charge in [-0.1, -0.05) is 18.2 Å². The molecule has 1 aromatic carbocycles. The van der Waals surface area contributed by atoms with E-state index in [0.717, 1.165) is 11.3 Å². The predicted octanol–water partition coefficient (Wildman–Crippen LogP) is 1.27. The first kappa shape index (κ1) is 18.2. The van der Waals surface area contributed by atoms with Gasteiger partial charge in [0, 0.05) is 19.5 Å². The zero-order valence-corrected chi connectivity index (χ0v) is 14.9. The Bertz CT molecular complexity index is 622. The van der Waals surface area contributed by atoms with Crippen LogP contribution in [0.2, 0.25) is 0 Å². The minimum atomic E-state index is -1.14. The standard InChI is InChI=1S/C19H27NO5/c1-14-5-3-4-6-15(14)24-12-17(22)20-9-7-19(8-10-20)13-18(2,23)16(21)11-25-19/h3-6,16,21,23H,7-13H2,1-2H3/t16-,18-/m0/s1. The van der Waals surface area contributed by atoms with Crippen LogP contribution in [-0.4, -0.2) is 64.6 Å². The van der Waals surface area contributed by atoms with Gasteiger partial charge in [-0.15, -0.1) is 0 Å². The average Bonchev–Trinajstić information content (AvgIpc) is 2.58. The van der Waals surface area contributed by atoms with Crippen molar-refractivity contribution in [2.75, 3.05) is 26.3 Å². The number of rotatable bonds is 3. The summed E-state index contributed by atoms with van der Waals surface area (Å²) in [6.45, 7) is 4.90. The number of amides is 1. The summed E-state index contributed by atoms with van der Waals surface area (Å²) in [5.41, 5.74) is -0.585. The Morgan fingerprint density at radius 1 is 1.36 bits per heavy atom. The molecule has 2 aliphatic rings. The van der Waals surface area contributed by atoms with E-state index in [1.807, 2.05) is 31.2 Å². The van der Waals surface area contributed by atoms with Crippen molar-refractivity contribution in [1.29, 1.82) is 0 Å². The summed E-state index contributed by atoms with van der Waals surface area (Å²) in [5, 5.41) is 20.2. The Morgan fingerprint density at radius 2 is 2.04 bits per heavy atom. The number of ether oxygens (including phenoxy) is 2.